The molecule has 1 aliphatic heterocycles. The van der Waals surface area contributed by atoms with Crippen LogP contribution in [0.5, 0.6) is 0 Å². The van der Waals surface area contributed by atoms with Gasteiger partial charge in [0.15, 0.2) is 0 Å². The minimum absolute atomic E-state index is 0.0747. The van der Waals surface area contributed by atoms with E-state index in [1.807, 2.05) is 25.2 Å². The smallest absolute Gasteiger partial charge is 0.0795 e. The summed E-state index contributed by atoms with van der Waals surface area (Å²) in [4.78, 5) is 2.36. The van der Waals surface area contributed by atoms with Crippen molar-refractivity contribution in [1.82, 2.24) is 10.2 Å². The molecule has 0 spiro atoms. The molecule has 1 aromatic carbocycles. The first-order valence-corrected chi connectivity index (χ1v) is 7.23. The Morgan fingerprint density at radius 3 is 2.60 bits per heavy atom. The SMILES string of the molecule is CNC(CO)(CN1CCOC(C)(C)C1)c1ccccc1. The summed E-state index contributed by atoms with van der Waals surface area (Å²) in [5.74, 6) is 0. The van der Waals surface area contributed by atoms with Crippen LogP contribution in [0.2, 0.25) is 0 Å². The minimum Gasteiger partial charge on any atom is -0.394 e. The molecule has 2 N–H and O–H groups in total. The van der Waals surface area contributed by atoms with Crippen molar-refractivity contribution >= 4 is 0 Å². The summed E-state index contributed by atoms with van der Waals surface area (Å²) in [6.45, 7) is 7.60. The number of aliphatic hydroxyl groups is 1. The number of benzene rings is 1. The van der Waals surface area contributed by atoms with E-state index in [9.17, 15) is 5.11 Å². The third-order valence-corrected chi connectivity index (χ3v) is 4.07. The summed E-state index contributed by atoms with van der Waals surface area (Å²) in [6.07, 6.45) is 0. The van der Waals surface area contributed by atoms with Crippen LogP contribution in [0, 0.1) is 0 Å². The zero-order valence-electron chi connectivity index (χ0n) is 12.7. The van der Waals surface area contributed by atoms with Gasteiger partial charge in [-0.2, -0.15) is 0 Å². The predicted molar refractivity (Wildman–Crippen MR) is 80.7 cm³/mol. The maximum Gasteiger partial charge on any atom is 0.0795 e. The van der Waals surface area contributed by atoms with E-state index in [4.69, 9.17) is 4.74 Å². The van der Waals surface area contributed by atoms with E-state index in [-0.39, 0.29) is 12.2 Å². The number of aliphatic hydroxyl groups excluding tert-OH is 1. The Morgan fingerprint density at radius 1 is 1.35 bits per heavy atom. The summed E-state index contributed by atoms with van der Waals surface area (Å²) in [7, 11) is 1.91. The molecule has 1 aromatic rings. The maximum absolute atomic E-state index is 9.97. The van der Waals surface area contributed by atoms with E-state index in [1.165, 1.54) is 0 Å². The quantitative estimate of drug-likeness (QED) is 0.849. The molecule has 0 bridgehead atoms. The second-order valence-corrected chi connectivity index (χ2v) is 6.18. The van der Waals surface area contributed by atoms with Crippen molar-refractivity contribution in [2.24, 2.45) is 0 Å². The van der Waals surface area contributed by atoms with Crippen molar-refractivity contribution in [3.63, 3.8) is 0 Å². The van der Waals surface area contributed by atoms with E-state index in [0.717, 1.165) is 31.8 Å². The molecule has 0 saturated carbocycles. The maximum atomic E-state index is 9.97. The molecule has 112 valence electrons. The first kappa shape index (κ1) is 15.4. The van der Waals surface area contributed by atoms with Gasteiger partial charge in [-0.25, -0.2) is 0 Å². The molecular formula is C16H26N2O2. The van der Waals surface area contributed by atoms with Gasteiger partial charge in [0.25, 0.3) is 0 Å². The number of nitrogens with zero attached hydrogens (tertiary/aromatic N) is 1. The average molecular weight is 278 g/mol. The highest BCUT2D eigenvalue weighted by Crippen LogP contribution is 2.25. The molecule has 0 radical (unpaired) electrons. The number of rotatable bonds is 5. The van der Waals surface area contributed by atoms with Gasteiger partial charge in [-0.3, -0.25) is 4.90 Å². The van der Waals surface area contributed by atoms with Gasteiger partial charge in [-0.05, 0) is 26.5 Å². The van der Waals surface area contributed by atoms with E-state index < -0.39 is 5.54 Å². The summed E-state index contributed by atoms with van der Waals surface area (Å²) in [5, 5.41) is 13.3. The van der Waals surface area contributed by atoms with Crippen LogP contribution in [0.25, 0.3) is 0 Å². The Morgan fingerprint density at radius 2 is 2.05 bits per heavy atom. The van der Waals surface area contributed by atoms with Gasteiger partial charge < -0.3 is 15.2 Å². The van der Waals surface area contributed by atoms with E-state index in [2.05, 4.69) is 36.2 Å². The minimum atomic E-state index is -0.422. The monoisotopic (exact) mass is 278 g/mol. The fraction of sp³-hybridized carbons (Fsp3) is 0.625. The first-order chi connectivity index (χ1) is 9.51. The molecule has 2 rings (SSSR count). The fourth-order valence-corrected chi connectivity index (χ4v) is 2.92. The highest BCUT2D eigenvalue weighted by Gasteiger charge is 2.35. The molecule has 1 heterocycles. The number of hydrogen-bond donors (Lipinski definition) is 2. The fourth-order valence-electron chi connectivity index (χ4n) is 2.92. The van der Waals surface area contributed by atoms with Crippen molar-refractivity contribution in [2.75, 3.05) is 39.9 Å². The largest absolute Gasteiger partial charge is 0.394 e. The van der Waals surface area contributed by atoms with Crippen LogP contribution in [0.3, 0.4) is 0 Å². The Bertz CT molecular complexity index is 416. The van der Waals surface area contributed by atoms with Crippen molar-refractivity contribution in [3.05, 3.63) is 35.9 Å². The van der Waals surface area contributed by atoms with Crippen molar-refractivity contribution in [2.45, 2.75) is 25.0 Å². The third kappa shape index (κ3) is 3.38. The van der Waals surface area contributed by atoms with Gasteiger partial charge in [0.2, 0.25) is 0 Å². The topological polar surface area (TPSA) is 44.7 Å². The average Bonchev–Trinajstić information content (AvgIpc) is 2.45. The predicted octanol–water partition coefficient (Wildman–Crippen LogP) is 1.20. The van der Waals surface area contributed by atoms with E-state index >= 15 is 0 Å². The number of likely N-dealkylation sites (N-methyl/N-ethyl adjacent to an activating group) is 1. The number of nitrogens with one attached hydrogen (secondary N) is 1. The van der Waals surface area contributed by atoms with E-state index in [0.29, 0.717) is 0 Å². The molecule has 1 atom stereocenters. The lowest BCUT2D eigenvalue weighted by molar-refractivity contribution is -0.0934. The summed E-state index contributed by atoms with van der Waals surface area (Å²) < 4.78 is 5.76. The molecule has 20 heavy (non-hydrogen) atoms. The molecule has 4 nitrogen and oxygen atoms in total. The van der Waals surface area contributed by atoms with Crippen LogP contribution < -0.4 is 5.32 Å². The van der Waals surface area contributed by atoms with Crippen LogP contribution in [0.1, 0.15) is 19.4 Å². The zero-order chi connectivity index (χ0) is 14.6. The lowest BCUT2D eigenvalue weighted by Crippen LogP contribution is -2.57. The van der Waals surface area contributed by atoms with Crippen molar-refractivity contribution < 1.29 is 9.84 Å². The van der Waals surface area contributed by atoms with Crippen LogP contribution in [0.4, 0.5) is 0 Å². The van der Waals surface area contributed by atoms with E-state index in [1.54, 1.807) is 0 Å². The zero-order valence-corrected chi connectivity index (χ0v) is 12.7. The highest BCUT2D eigenvalue weighted by atomic mass is 16.5. The molecule has 1 unspecified atom stereocenters. The van der Waals surface area contributed by atoms with Crippen molar-refractivity contribution in [1.29, 1.82) is 0 Å². The Kier molecular flexibility index (Phi) is 4.81. The second kappa shape index (κ2) is 6.22. The lowest BCUT2D eigenvalue weighted by atomic mass is 9.89. The standard InChI is InChI=1S/C16H26N2O2/c1-15(2)11-18(9-10-20-15)12-16(13-19,17-3)14-7-5-4-6-8-14/h4-8,17,19H,9-13H2,1-3H3. The molecule has 4 heteroatoms. The van der Waals surface area contributed by atoms with Gasteiger partial charge in [0, 0.05) is 19.6 Å². The van der Waals surface area contributed by atoms with Crippen LogP contribution >= 0.6 is 0 Å². The summed E-state index contributed by atoms with van der Waals surface area (Å²) in [5.41, 5.74) is 0.577. The number of ether oxygens (including phenoxy) is 1. The molecule has 0 aromatic heterocycles. The van der Waals surface area contributed by atoms with Gasteiger partial charge >= 0.3 is 0 Å². The van der Waals surface area contributed by atoms with Gasteiger partial charge in [0.1, 0.15) is 0 Å². The van der Waals surface area contributed by atoms with Gasteiger partial charge in [-0.15, -0.1) is 0 Å². The van der Waals surface area contributed by atoms with Crippen molar-refractivity contribution in [3.8, 4) is 0 Å². The van der Waals surface area contributed by atoms with Gasteiger partial charge in [0.05, 0.1) is 24.4 Å². The number of morpholine rings is 1. The Hall–Kier alpha value is -0.940. The summed E-state index contributed by atoms with van der Waals surface area (Å²) in [6, 6.07) is 10.2. The molecule has 0 aliphatic carbocycles. The second-order valence-electron chi connectivity index (χ2n) is 6.18. The highest BCUT2D eigenvalue weighted by molar-refractivity contribution is 5.25. The molecular weight excluding hydrogens is 252 g/mol. The number of hydrogen-bond acceptors (Lipinski definition) is 4. The normalized spacial score (nSPS) is 22.4. The van der Waals surface area contributed by atoms with Crippen LogP contribution in [-0.4, -0.2) is 55.5 Å². The molecule has 0 amide bonds. The molecule has 1 saturated heterocycles. The lowest BCUT2D eigenvalue weighted by Gasteiger charge is -2.43. The van der Waals surface area contributed by atoms with Crippen LogP contribution in [0.15, 0.2) is 30.3 Å². The molecule has 1 aliphatic rings. The Balaban J connectivity index is 2.17. The molecule has 1 fully saturated rings. The first-order valence-electron chi connectivity index (χ1n) is 7.23. The Labute approximate surface area is 121 Å². The third-order valence-electron chi connectivity index (χ3n) is 4.07. The summed E-state index contributed by atoms with van der Waals surface area (Å²) >= 11 is 0. The van der Waals surface area contributed by atoms with Crippen LogP contribution in [-0.2, 0) is 10.3 Å². The van der Waals surface area contributed by atoms with Gasteiger partial charge in [-0.1, -0.05) is 30.3 Å².